The normalized spacial score (nSPS) is 15.9. The maximum absolute atomic E-state index is 12.9. The molecular formula is C22H27N3O3S. The van der Waals surface area contributed by atoms with E-state index in [9.17, 15) is 14.4 Å². The fourth-order valence-corrected chi connectivity index (χ4v) is 4.37. The number of rotatable bonds is 7. The summed E-state index contributed by atoms with van der Waals surface area (Å²) in [6.45, 7) is 2.58. The fourth-order valence-electron chi connectivity index (χ4n) is 3.67. The number of amides is 3. The summed E-state index contributed by atoms with van der Waals surface area (Å²) in [6.07, 6.45) is 2.57. The largest absolute Gasteiger partial charge is 0.335 e. The number of anilines is 1. The van der Waals surface area contributed by atoms with Crippen LogP contribution in [0.15, 0.2) is 41.8 Å². The van der Waals surface area contributed by atoms with Gasteiger partial charge in [-0.25, -0.2) is 0 Å². The van der Waals surface area contributed by atoms with Crippen LogP contribution >= 0.6 is 11.3 Å². The third-order valence-electron chi connectivity index (χ3n) is 5.19. The highest BCUT2D eigenvalue weighted by molar-refractivity contribution is 7.10. The number of para-hydroxylation sites is 1. The smallest absolute Gasteiger partial charge is 0.245 e. The molecule has 1 aliphatic heterocycles. The standard InChI is InChI=1S/C22H27N3O3S/c1-3-16-8-4-5-10-18(16)23-20(26)15-24(2)22(28)19-11-6-12-25(19)21(27)14-17-9-7-13-29-17/h4-5,7-10,13,19H,3,6,11-12,14-15H2,1-2H3,(H,23,26). The number of carbonyl (C=O) groups excluding carboxylic acids is 3. The van der Waals surface area contributed by atoms with Gasteiger partial charge in [0.15, 0.2) is 0 Å². The number of hydrogen-bond donors (Lipinski definition) is 1. The molecule has 2 heterocycles. The van der Waals surface area contributed by atoms with Crippen LogP contribution in [-0.4, -0.2) is 53.7 Å². The number of hydrogen-bond acceptors (Lipinski definition) is 4. The van der Waals surface area contributed by atoms with Gasteiger partial charge in [0.2, 0.25) is 17.7 Å². The Kier molecular flexibility index (Phi) is 7.04. The van der Waals surface area contributed by atoms with Crippen molar-refractivity contribution in [1.82, 2.24) is 9.80 Å². The summed E-state index contributed by atoms with van der Waals surface area (Å²) in [5.74, 6) is -0.449. The summed E-state index contributed by atoms with van der Waals surface area (Å²) in [6, 6.07) is 11.0. The molecule has 1 aromatic heterocycles. The quantitative estimate of drug-likeness (QED) is 0.759. The van der Waals surface area contributed by atoms with Crippen molar-refractivity contribution in [3.05, 3.63) is 52.2 Å². The monoisotopic (exact) mass is 413 g/mol. The lowest BCUT2D eigenvalue weighted by Crippen LogP contribution is -2.48. The lowest BCUT2D eigenvalue weighted by Gasteiger charge is -2.28. The van der Waals surface area contributed by atoms with Crippen LogP contribution in [0.3, 0.4) is 0 Å². The lowest BCUT2D eigenvalue weighted by molar-refractivity contribution is -0.143. The molecule has 3 rings (SSSR count). The Morgan fingerprint density at radius 2 is 2.00 bits per heavy atom. The minimum absolute atomic E-state index is 0.0296. The summed E-state index contributed by atoms with van der Waals surface area (Å²) in [7, 11) is 1.62. The first-order valence-electron chi connectivity index (χ1n) is 9.94. The van der Waals surface area contributed by atoms with Gasteiger partial charge in [0.25, 0.3) is 0 Å². The summed E-state index contributed by atoms with van der Waals surface area (Å²) < 4.78 is 0. The van der Waals surface area contributed by atoms with Gasteiger partial charge in [0.05, 0.1) is 13.0 Å². The van der Waals surface area contributed by atoms with Gasteiger partial charge >= 0.3 is 0 Å². The molecule has 6 nitrogen and oxygen atoms in total. The van der Waals surface area contributed by atoms with Crippen molar-refractivity contribution < 1.29 is 14.4 Å². The van der Waals surface area contributed by atoms with E-state index in [2.05, 4.69) is 5.32 Å². The number of likely N-dealkylation sites (N-methyl/N-ethyl adjacent to an activating group) is 1. The minimum atomic E-state index is -0.483. The van der Waals surface area contributed by atoms with E-state index in [1.807, 2.05) is 48.7 Å². The Morgan fingerprint density at radius 1 is 1.21 bits per heavy atom. The van der Waals surface area contributed by atoms with Crippen molar-refractivity contribution in [2.75, 3.05) is 25.5 Å². The second-order valence-electron chi connectivity index (χ2n) is 7.25. The predicted octanol–water partition coefficient (Wildman–Crippen LogP) is 2.94. The average Bonchev–Trinajstić information content (AvgIpc) is 3.39. The Labute approximate surface area is 175 Å². The Hall–Kier alpha value is -2.67. The Bertz CT molecular complexity index is 866. The van der Waals surface area contributed by atoms with Gasteiger partial charge in [-0.2, -0.15) is 0 Å². The van der Waals surface area contributed by atoms with Crippen LogP contribution in [0.1, 0.15) is 30.2 Å². The van der Waals surface area contributed by atoms with Crippen LogP contribution in [-0.2, 0) is 27.2 Å². The molecular weight excluding hydrogens is 386 g/mol. The second-order valence-corrected chi connectivity index (χ2v) is 8.29. The maximum atomic E-state index is 12.9. The van der Waals surface area contributed by atoms with E-state index in [0.29, 0.717) is 19.4 Å². The molecule has 0 aliphatic carbocycles. The molecule has 1 aliphatic rings. The molecule has 154 valence electrons. The number of aryl methyl sites for hydroxylation is 1. The zero-order valence-electron chi connectivity index (χ0n) is 16.9. The summed E-state index contributed by atoms with van der Waals surface area (Å²) in [4.78, 5) is 42.1. The minimum Gasteiger partial charge on any atom is -0.335 e. The van der Waals surface area contributed by atoms with E-state index in [1.54, 1.807) is 23.3 Å². The maximum Gasteiger partial charge on any atom is 0.245 e. The molecule has 0 radical (unpaired) electrons. The predicted molar refractivity (Wildman–Crippen MR) is 115 cm³/mol. The van der Waals surface area contributed by atoms with E-state index < -0.39 is 6.04 Å². The van der Waals surface area contributed by atoms with E-state index >= 15 is 0 Å². The van der Waals surface area contributed by atoms with Crippen LogP contribution in [0.5, 0.6) is 0 Å². The van der Waals surface area contributed by atoms with Crippen molar-refractivity contribution in [2.24, 2.45) is 0 Å². The SMILES string of the molecule is CCc1ccccc1NC(=O)CN(C)C(=O)C1CCCN1C(=O)Cc1cccs1. The molecule has 7 heteroatoms. The highest BCUT2D eigenvalue weighted by Gasteiger charge is 2.36. The van der Waals surface area contributed by atoms with Gasteiger partial charge in [-0.15, -0.1) is 11.3 Å². The van der Waals surface area contributed by atoms with Gasteiger partial charge in [-0.05, 0) is 42.3 Å². The first-order chi connectivity index (χ1) is 14.0. The van der Waals surface area contributed by atoms with Crippen molar-refractivity contribution >= 4 is 34.7 Å². The van der Waals surface area contributed by atoms with Crippen LogP contribution in [0, 0.1) is 0 Å². The van der Waals surface area contributed by atoms with Gasteiger partial charge in [0.1, 0.15) is 6.04 Å². The zero-order chi connectivity index (χ0) is 20.8. The number of carbonyl (C=O) groups is 3. The number of nitrogens with zero attached hydrogens (tertiary/aromatic N) is 2. The number of nitrogens with one attached hydrogen (secondary N) is 1. The first-order valence-corrected chi connectivity index (χ1v) is 10.8. The molecule has 29 heavy (non-hydrogen) atoms. The Morgan fingerprint density at radius 3 is 2.72 bits per heavy atom. The fraction of sp³-hybridized carbons (Fsp3) is 0.409. The summed E-state index contributed by atoms with van der Waals surface area (Å²) >= 11 is 1.54. The molecule has 1 unspecified atom stereocenters. The van der Waals surface area contributed by atoms with Gasteiger partial charge in [0, 0.05) is 24.2 Å². The molecule has 2 aromatic rings. The molecule has 1 fully saturated rings. The molecule has 0 bridgehead atoms. The van der Waals surface area contributed by atoms with Gasteiger partial charge < -0.3 is 15.1 Å². The third-order valence-corrected chi connectivity index (χ3v) is 6.07. The zero-order valence-corrected chi connectivity index (χ0v) is 17.7. The second kappa shape index (κ2) is 9.69. The summed E-state index contributed by atoms with van der Waals surface area (Å²) in [5.41, 5.74) is 1.82. The van der Waals surface area contributed by atoms with Crippen molar-refractivity contribution in [1.29, 1.82) is 0 Å². The molecule has 1 saturated heterocycles. The summed E-state index contributed by atoms with van der Waals surface area (Å²) in [5, 5.41) is 4.83. The third kappa shape index (κ3) is 5.23. The van der Waals surface area contributed by atoms with Gasteiger partial charge in [-0.1, -0.05) is 31.2 Å². The van der Waals surface area contributed by atoms with Gasteiger partial charge in [-0.3, -0.25) is 14.4 Å². The highest BCUT2D eigenvalue weighted by atomic mass is 32.1. The van der Waals surface area contributed by atoms with E-state index in [0.717, 1.165) is 29.0 Å². The van der Waals surface area contributed by atoms with Crippen molar-refractivity contribution in [3.63, 3.8) is 0 Å². The van der Waals surface area contributed by atoms with E-state index in [-0.39, 0.29) is 24.3 Å². The first kappa shape index (κ1) is 21.0. The Balaban J connectivity index is 1.58. The number of likely N-dealkylation sites (tertiary alicyclic amines) is 1. The molecule has 1 atom stereocenters. The molecule has 0 saturated carbocycles. The van der Waals surface area contributed by atoms with Crippen LogP contribution in [0.25, 0.3) is 0 Å². The van der Waals surface area contributed by atoms with Crippen LogP contribution < -0.4 is 5.32 Å². The highest BCUT2D eigenvalue weighted by Crippen LogP contribution is 2.22. The van der Waals surface area contributed by atoms with Crippen LogP contribution in [0.2, 0.25) is 0 Å². The molecule has 3 amide bonds. The van der Waals surface area contributed by atoms with Crippen molar-refractivity contribution in [2.45, 2.75) is 38.6 Å². The molecule has 1 N–H and O–H groups in total. The van der Waals surface area contributed by atoms with Crippen molar-refractivity contribution in [3.8, 4) is 0 Å². The molecule has 0 spiro atoms. The number of thiophene rings is 1. The lowest BCUT2D eigenvalue weighted by atomic mass is 10.1. The molecule has 1 aromatic carbocycles. The van der Waals surface area contributed by atoms with E-state index in [1.165, 1.54) is 4.90 Å². The number of benzene rings is 1. The van der Waals surface area contributed by atoms with Crippen LogP contribution in [0.4, 0.5) is 5.69 Å². The topological polar surface area (TPSA) is 69.7 Å². The van der Waals surface area contributed by atoms with E-state index in [4.69, 9.17) is 0 Å². The average molecular weight is 414 g/mol.